The maximum Gasteiger partial charge on any atom is 0.433 e. The molecule has 0 atom stereocenters. The maximum absolute atomic E-state index is 10.8. The molecule has 0 aliphatic carbocycles. The third kappa shape index (κ3) is 2.95. The fourth-order valence-corrected chi connectivity index (χ4v) is 2.22. The number of amidine groups is 1. The van der Waals surface area contributed by atoms with Crippen molar-refractivity contribution in [1.82, 2.24) is 5.32 Å². The first-order valence-electron chi connectivity index (χ1n) is 4.73. The number of carbonyl (C=O) groups excluding carboxylic acids is 1. The summed E-state index contributed by atoms with van der Waals surface area (Å²) >= 11 is 1.49. The molecule has 1 N–H and O–H groups in total. The van der Waals surface area contributed by atoms with Gasteiger partial charge in [0.15, 0.2) is 0 Å². The molecule has 0 aromatic rings. The monoisotopic (exact) mass is 229 g/mol. The lowest BCUT2D eigenvalue weighted by Gasteiger charge is -2.16. The van der Waals surface area contributed by atoms with Crippen LogP contribution < -0.4 is 5.32 Å². The molecule has 0 unspecified atom stereocenters. The van der Waals surface area contributed by atoms with Gasteiger partial charge in [-0.15, -0.1) is 0 Å². The van der Waals surface area contributed by atoms with E-state index in [1.54, 1.807) is 0 Å². The predicted octanol–water partition coefficient (Wildman–Crippen LogP) is 1.99. The van der Waals surface area contributed by atoms with Crippen molar-refractivity contribution in [2.45, 2.75) is 31.9 Å². The van der Waals surface area contributed by atoms with Crippen LogP contribution in [0, 0.1) is 0 Å². The van der Waals surface area contributed by atoms with E-state index in [0.717, 1.165) is 12.1 Å². The van der Waals surface area contributed by atoms with Crippen molar-refractivity contribution in [1.29, 1.82) is 0 Å². The van der Waals surface area contributed by atoms with Crippen molar-refractivity contribution in [3.05, 3.63) is 0 Å². The Balaban J connectivity index is 2.69. The second-order valence-corrected chi connectivity index (χ2v) is 5.12. The molecular formula is C9H15N3O2S. The summed E-state index contributed by atoms with van der Waals surface area (Å²) in [6.07, 6.45) is 0.292. The SMILES string of the molecule is CCC1=NC(=NOC(=O)NC)SC1(C)C. The van der Waals surface area contributed by atoms with Crippen molar-refractivity contribution in [2.24, 2.45) is 10.1 Å². The van der Waals surface area contributed by atoms with Gasteiger partial charge in [-0.2, -0.15) is 0 Å². The van der Waals surface area contributed by atoms with Crippen molar-refractivity contribution >= 4 is 28.7 Å². The number of oxime groups is 1. The summed E-state index contributed by atoms with van der Waals surface area (Å²) in [5.74, 6) is 0. The molecule has 1 amide bonds. The lowest BCUT2D eigenvalue weighted by Crippen LogP contribution is -2.23. The minimum absolute atomic E-state index is 0.0559. The quantitative estimate of drug-likeness (QED) is 0.581. The fourth-order valence-electron chi connectivity index (χ4n) is 1.23. The third-order valence-electron chi connectivity index (χ3n) is 2.02. The van der Waals surface area contributed by atoms with E-state index in [-0.39, 0.29) is 4.75 Å². The van der Waals surface area contributed by atoms with Crippen molar-refractivity contribution in [2.75, 3.05) is 7.05 Å². The van der Waals surface area contributed by atoms with E-state index < -0.39 is 6.09 Å². The summed E-state index contributed by atoms with van der Waals surface area (Å²) in [4.78, 5) is 19.6. The fraction of sp³-hybridized carbons (Fsp3) is 0.667. The van der Waals surface area contributed by atoms with E-state index >= 15 is 0 Å². The summed E-state index contributed by atoms with van der Waals surface area (Å²) in [6, 6.07) is 0. The minimum Gasteiger partial charge on any atom is -0.323 e. The highest BCUT2D eigenvalue weighted by Gasteiger charge is 2.33. The maximum atomic E-state index is 10.8. The zero-order chi connectivity index (χ0) is 11.5. The van der Waals surface area contributed by atoms with Crippen LogP contribution >= 0.6 is 11.8 Å². The van der Waals surface area contributed by atoms with Gasteiger partial charge in [-0.05, 0) is 25.4 Å². The topological polar surface area (TPSA) is 63.1 Å². The average molecular weight is 229 g/mol. The highest BCUT2D eigenvalue weighted by Crippen LogP contribution is 2.35. The van der Waals surface area contributed by atoms with Crippen LogP contribution in [0.2, 0.25) is 0 Å². The molecule has 6 heteroatoms. The Kier molecular flexibility index (Phi) is 3.73. The van der Waals surface area contributed by atoms with Crippen LogP contribution in [0.1, 0.15) is 27.2 Å². The molecule has 15 heavy (non-hydrogen) atoms. The van der Waals surface area contributed by atoms with Gasteiger partial charge in [0.2, 0.25) is 5.17 Å². The Morgan fingerprint density at radius 1 is 1.67 bits per heavy atom. The minimum atomic E-state index is -0.582. The third-order valence-corrected chi connectivity index (χ3v) is 3.11. The van der Waals surface area contributed by atoms with Gasteiger partial charge >= 0.3 is 6.09 Å². The Morgan fingerprint density at radius 3 is 2.80 bits per heavy atom. The van der Waals surface area contributed by atoms with Gasteiger partial charge in [0.1, 0.15) is 0 Å². The lowest BCUT2D eigenvalue weighted by molar-refractivity contribution is 0.153. The van der Waals surface area contributed by atoms with Crippen molar-refractivity contribution in [3.8, 4) is 0 Å². The molecule has 0 bridgehead atoms. The Bertz CT molecular complexity index is 323. The average Bonchev–Trinajstić information content (AvgIpc) is 2.49. The van der Waals surface area contributed by atoms with Crippen LogP contribution in [-0.4, -0.2) is 28.8 Å². The van der Waals surface area contributed by atoms with E-state index in [1.165, 1.54) is 18.8 Å². The molecule has 1 aliphatic heterocycles. The van der Waals surface area contributed by atoms with Crippen LogP contribution in [0.4, 0.5) is 4.79 Å². The molecule has 0 spiro atoms. The second kappa shape index (κ2) is 4.65. The van der Waals surface area contributed by atoms with Crippen molar-refractivity contribution in [3.63, 3.8) is 0 Å². The summed E-state index contributed by atoms with van der Waals surface area (Å²) in [5.41, 5.74) is 1.06. The molecule has 84 valence electrons. The number of amides is 1. The van der Waals surface area contributed by atoms with E-state index in [2.05, 4.69) is 34.1 Å². The summed E-state index contributed by atoms with van der Waals surface area (Å²) in [7, 11) is 1.48. The van der Waals surface area contributed by atoms with E-state index in [4.69, 9.17) is 0 Å². The van der Waals surface area contributed by atoms with Crippen molar-refractivity contribution < 1.29 is 9.63 Å². The Labute approximate surface area is 93.3 Å². The summed E-state index contributed by atoms with van der Waals surface area (Å²) < 4.78 is -0.0559. The molecule has 0 aromatic carbocycles. The normalized spacial score (nSPS) is 21.3. The van der Waals surface area contributed by atoms with Crippen LogP contribution in [0.15, 0.2) is 10.1 Å². The number of aliphatic imine (C=N–C) groups is 1. The molecule has 0 aromatic heterocycles. The number of nitrogens with zero attached hydrogens (tertiary/aromatic N) is 2. The van der Waals surface area contributed by atoms with Gasteiger partial charge in [-0.3, -0.25) is 4.84 Å². The zero-order valence-corrected chi connectivity index (χ0v) is 10.1. The van der Waals surface area contributed by atoms with E-state index in [9.17, 15) is 4.79 Å². The molecule has 5 nitrogen and oxygen atoms in total. The predicted molar refractivity (Wildman–Crippen MR) is 62.4 cm³/mol. The number of nitrogens with one attached hydrogen (secondary N) is 1. The molecule has 0 fully saturated rings. The first-order valence-corrected chi connectivity index (χ1v) is 5.55. The highest BCUT2D eigenvalue weighted by atomic mass is 32.2. The molecule has 1 heterocycles. The lowest BCUT2D eigenvalue weighted by atomic mass is 10.1. The number of thioether (sulfide) groups is 1. The number of hydrogen-bond donors (Lipinski definition) is 1. The second-order valence-electron chi connectivity index (χ2n) is 3.53. The molecule has 1 rings (SSSR count). The standard InChI is InChI=1S/C9H15N3O2S/c1-5-6-9(2,3)15-7(11-6)12-14-8(13)10-4/h5H2,1-4H3,(H,10,13). The molecule has 0 radical (unpaired) electrons. The van der Waals surface area contributed by atoms with Gasteiger partial charge in [-0.25, -0.2) is 9.79 Å². The van der Waals surface area contributed by atoms with E-state index in [0.29, 0.717) is 5.17 Å². The van der Waals surface area contributed by atoms with Gasteiger partial charge < -0.3 is 5.32 Å². The van der Waals surface area contributed by atoms with Crippen LogP contribution in [-0.2, 0) is 4.84 Å². The molecule has 0 saturated heterocycles. The van der Waals surface area contributed by atoms with Crippen LogP contribution in [0.3, 0.4) is 0 Å². The van der Waals surface area contributed by atoms with Gasteiger partial charge in [0.05, 0.1) is 4.75 Å². The zero-order valence-electron chi connectivity index (χ0n) is 9.33. The smallest absolute Gasteiger partial charge is 0.323 e. The molecular weight excluding hydrogens is 214 g/mol. The summed E-state index contributed by atoms with van der Waals surface area (Å²) in [6.45, 7) is 6.19. The Hall–Kier alpha value is -1.04. The van der Waals surface area contributed by atoms with E-state index in [1.807, 2.05) is 6.92 Å². The number of hydrogen-bond acceptors (Lipinski definition) is 4. The van der Waals surface area contributed by atoms with Gasteiger partial charge in [-0.1, -0.05) is 18.7 Å². The first kappa shape index (κ1) is 12.0. The first-order chi connectivity index (χ1) is 6.99. The molecule has 0 saturated carbocycles. The number of carbonyl (C=O) groups is 1. The largest absolute Gasteiger partial charge is 0.433 e. The highest BCUT2D eigenvalue weighted by molar-refractivity contribution is 8.16. The number of rotatable bonds is 2. The summed E-state index contributed by atoms with van der Waals surface area (Å²) in [5, 5.41) is 6.48. The van der Waals surface area contributed by atoms with Crippen LogP contribution in [0.5, 0.6) is 0 Å². The molecule has 1 aliphatic rings. The van der Waals surface area contributed by atoms with Gasteiger partial charge in [0, 0.05) is 12.8 Å². The van der Waals surface area contributed by atoms with Gasteiger partial charge in [0.25, 0.3) is 0 Å². The van der Waals surface area contributed by atoms with Crippen LogP contribution in [0.25, 0.3) is 0 Å². The Morgan fingerprint density at radius 2 is 2.33 bits per heavy atom.